The summed E-state index contributed by atoms with van der Waals surface area (Å²) in [4.78, 5) is 1.40. The molecule has 0 aliphatic rings. The zero-order valence-electron chi connectivity index (χ0n) is 10.5. The lowest BCUT2D eigenvalue weighted by Gasteiger charge is -2.26. The maximum Gasteiger partial charge on any atom is 0.0494 e. The van der Waals surface area contributed by atoms with Crippen molar-refractivity contribution in [2.75, 3.05) is 13.2 Å². The minimum absolute atomic E-state index is 0.0384. The number of aliphatic hydroxyl groups is 1. The van der Waals surface area contributed by atoms with Crippen LogP contribution in [0.1, 0.15) is 44.5 Å². The third-order valence-electron chi connectivity index (χ3n) is 2.72. The van der Waals surface area contributed by atoms with Crippen molar-refractivity contribution in [1.82, 2.24) is 5.32 Å². The second-order valence-electron chi connectivity index (χ2n) is 5.06. The normalized spacial score (nSPS) is 14.0. The van der Waals surface area contributed by atoms with Crippen molar-refractivity contribution in [2.45, 2.75) is 39.7 Å². The van der Waals surface area contributed by atoms with Gasteiger partial charge in [-0.05, 0) is 17.9 Å². The minimum Gasteiger partial charge on any atom is -0.396 e. The number of thiophene rings is 1. The van der Waals surface area contributed by atoms with E-state index in [2.05, 4.69) is 43.6 Å². The lowest BCUT2D eigenvalue weighted by Crippen LogP contribution is -2.34. The molecule has 1 aromatic heterocycles. The van der Waals surface area contributed by atoms with Crippen molar-refractivity contribution >= 4 is 11.3 Å². The van der Waals surface area contributed by atoms with Gasteiger partial charge in [0, 0.05) is 29.5 Å². The summed E-state index contributed by atoms with van der Waals surface area (Å²) in [6, 6.07) is 4.72. The Morgan fingerprint density at radius 3 is 2.75 bits per heavy atom. The van der Waals surface area contributed by atoms with Gasteiger partial charge in [-0.3, -0.25) is 0 Å². The average molecular weight is 241 g/mol. The van der Waals surface area contributed by atoms with Gasteiger partial charge in [0.2, 0.25) is 0 Å². The van der Waals surface area contributed by atoms with Gasteiger partial charge in [0.05, 0.1) is 0 Å². The average Bonchev–Trinajstić information content (AvgIpc) is 2.77. The summed E-state index contributed by atoms with van der Waals surface area (Å²) in [5.74, 6) is 0. The summed E-state index contributed by atoms with van der Waals surface area (Å²) in [6.07, 6.45) is 2.33. The largest absolute Gasteiger partial charge is 0.396 e. The summed E-state index contributed by atoms with van der Waals surface area (Å²) in [5.41, 5.74) is -0.0384. The fraction of sp³-hybridized carbons (Fsp3) is 0.692. The molecular formula is C13H23NOS. The standard InChI is InChI=1S/C13H23NOS/c1-4-6-11(12-7-5-8-16-12)14-9-13(2,3)10-15/h5,7-8,11,14-15H,4,6,9-10H2,1-3H3. The molecule has 16 heavy (non-hydrogen) atoms. The summed E-state index contributed by atoms with van der Waals surface area (Å²) in [6.45, 7) is 7.45. The highest BCUT2D eigenvalue weighted by molar-refractivity contribution is 7.10. The highest BCUT2D eigenvalue weighted by Gasteiger charge is 2.19. The van der Waals surface area contributed by atoms with Gasteiger partial charge in [0.25, 0.3) is 0 Å². The Labute approximate surface area is 103 Å². The molecule has 3 heteroatoms. The summed E-state index contributed by atoms with van der Waals surface area (Å²) < 4.78 is 0. The third-order valence-corrected chi connectivity index (χ3v) is 3.71. The minimum atomic E-state index is -0.0384. The van der Waals surface area contributed by atoms with Crippen LogP contribution >= 0.6 is 11.3 Å². The van der Waals surface area contributed by atoms with Crippen LogP contribution in [0.2, 0.25) is 0 Å². The molecule has 0 amide bonds. The maximum atomic E-state index is 9.23. The molecule has 0 spiro atoms. The van der Waals surface area contributed by atoms with E-state index in [9.17, 15) is 5.11 Å². The second-order valence-corrected chi connectivity index (χ2v) is 6.04. The van der Waals surface area contributed by atoms with E-state index in [0.717, 1.165) is 13.0 Å². The predicted molar refractivity (Wildman–Crippen MR) is 70.8 cm³/mol. The number of hydrogen-bond acceptors (Lipinski definition) is 3. The molecule has 0 aliphatic carbocycles. The van der Waals surface area contributed by atoms with Gasteiger partial charge in [0.1, 0.15) is 0 Å². The first-order valence-electron chi connectivity index (χ1n) is 5.96. The molecule has 0 aromatic carbocycles. The topological polar surface area (TPSA) is 32.3 Å². The fourth-order valence-electron chi connectivity index (χ4n) is 1.58. The Morgan fingerprint density at radius 1 is 1.50 bits per heavy atom. The van der Waals surface area contributed by atoms with Gasteiger partial charge >= 0.3 is 0 Å². The number of hydrogen-bond donors (Lipinski definition) is 2. The van der Waals surface area contributed by atoms with Gasteiger partial charge in [0.15, 0.2) is 0 Å². The van der Waals surface area contributed by atoms with Crippen LogP contribution in [0.4, 0.5) is 0 Å². The van der Waals surface area contributed by atoms with Crippen LogP contribution in [-0.4, -0.2) is 18.3 Å². The Hall–Kier alpha value is -0.380. The molecule has 0 bridgehead atoms. The van der Waals surface area contributed by atoms with E-state index >= 15 is 0 Å². The van der Waals surface area contributed by atoms with Crippen LogP contribution in [0.15, 0.2) is 17.5 Å². The summed E-state index contributed by atoms with van der Waals surface area (Å²) in [7, 11) is 0. The molecule has 0 aliphatic heterocycles. The van der Waals surface area contributed by atoms with Gasteiger partial charge in [-0.1, -0.05) is 33.3 Å². The molecule has 2 N–H and O–H groups in total. The van der Waals surface area contributed by atoms with E-state index in [-0.39, 0.29) is 12.0 Å². The van der Waals surface area contributed by atoms with Gasteiger partial charge in [-0.15, -0.1) is 11.3 Å². The molecule has 0 saturated heterocycles. The summed E-state index contributed by atoms with van der Waals surface area (Å²) in [5, 5.41) is 14.9. The number of aliphatic hydroxyl groups excluding tert-OH is 1. The van der Waals surface area contributed by atoms with E-state index in [1.807, 2.05) is 0 Å². The Kier molecular flexibility index (Phi) is 5.46. The molecule has 0 radical (unpaired) electrons. The highest BCUT2D eigenvalue weighted by Crippen LogP contribution is 2.24. The van der Waals surface area contributed by atoms with E-state index in [0.29, 0.717) is 6.04 Å². The monoisotopic (exact) mass is 241 g/mol. The molecule has 92 valence electrons. The first kappa shape index (κ1) is 13.7. The van der Waals surface area contributed by atoms with Crippen LogP contribution in [0.5, 0.6) is 0 Å². The fourth-order valence-corrected chi connectivity index (χ4v) is 2.42. The van der Waals surface area contributed by atoms with Crippen molar-refractivity contribution < 1.29 is 5.11 Å². The zero-order chi connectivity index (χ0) is 12.0. The molecule has 1 atom stereocenters. The Morgan fingerprint density at radius 2 is 2.25 bits per heavy atom. The number of rotatable bonds is 7. The number of nitrogens with one attached hydrogen (secondary N) is 1. The van der Waals surface area contributed by atoms with Crippen LogP contribution in [0.25, 0.3) is 0 Å². The van der Waals surface area contributed by atoms with Crippen molar-refractivity contribution in [1.29, 1.82) is 0 Å². The Balaban J connectivity index is 2.53. The van der Waals surface area contributed by atoms with E-state index in [1.165, 1.54) is 11.3 Å². The van der Waals surface area contributed by atoms with Gasteiger partial charge in [-0.25, -0.2) is 0 Å². The van der Waals surface area contributed by atoms with Gasteiger partial charge in [-0.2, -0.15) is 0 Å². The van der Waals surface area contributed by atoms with E-state index in [4.69, 9.17) is 0 Å². The third kappa shape index (κ3) is 4.24. The molecule has 0 fully saturated rings. The lowest BCUT2D eigenvalue weighted by atomic mass is 9.94. The first-order valence-corrected chi connectivity index (χ1v) is 6.84. The van der Waals surface area contributed by atoms with Crippen LogP contribution in [0, 0.1) is 5.41 Å². The van der Waals surface area contributed by atoms with Crippen LogP contribution in [0.3, 0.4) is 0 Å². The zero-order valence-corrected chi connectivity index (χ0v) is 11.3. The highest BCUT2D eigenvalue weighted by atomic mass is 32.1. The molecule has 2 nitrogen and oxygen atoms in total. The molecule has 1 heterocycles. The van der Waals surface area contributed by atoms with Crippen molar-refractivity contribution in [2.24, 2.45) is 5.41 Å². The predicted octanol–water partition coefficient (Wildman–Crippen LogP) is 3.20. The van der Waals surface area contributed by atoms with E-state index in [1.54, 1.807) is 11.3 Å². The van der Waals surface area contributed by atoms with Crippen LogP contribution < -0.4 is 5.32 Å². The first-order chi connectivity index (χ1) is 7.59. The second kappa shape index (κ2) is 6.38. The SMILES string of the molecule is CCCC(NCC(C)(C)CO)c1cccs1. The van der Waals surface area contributed by atoms with E-state index < -0.39 is 0 Å². The molecule has 1 unspecified atom stereocenters. The molecule has 1 rings (SSSR count). The van der Waals surface area contributed by atoms with Crippen molar-refractivity contribution in [3.05, 3.63) is 22.4 Å². The molecular weight excluding hydrogens is 218 g/mol. The lowest BCUT2D eigenvalue weighted by molar-refractivity contribution is 0.152. The van der Waals surface area contributed by atoms with Gasteiger partial charge < -0.3 is 10.4 Å². The summed E-state index contributed by atoms with van der Waals surface area (Å²) >= 11 is 1.80. The van der Waals surface area contributed by atoms with Crippen molar-refractivity contribution in [3.63, 3.8) is 0 Å². The molecule has 1 aromatic rings. The smallest absolute Gasteiger partial charge is 0.0494 e. The van der Waals surface area contributed by atoms with Crippen molar-refractivity contribution in [3.8, 4) is 0 Å². The quantitative estimate of drug-likeness (QED) is 0.768. The molecule has 0 saturated carbocycles. The Bertz CT molecular complexity index is 282. The maximum absolute atomic E-state index is 9.23. The van der Waals surface area contributed by atoms with Crippen LogP contribution in [-0.2, 0) is 0 Å².